The molecule has 0 atom stereocenters. The van der Waals surface area contributed by atoms with Crippen molar-refractivity contribution in [2.75, 3.05) is 31.1 Å². The van der Waals surface area contributed by atoms with Crippen LogP contribution in [0.4, 0.5) is 5.82 Å². The maximum atomic E-state index is 11.9. The van der Waals surface area contributed by atoms with Crippen LogP contribution in [0.2, 0.25) is 5.02 Å². The Labute approximate surface area is 185 Å². The standard InChI is InChI=1S/C25H21ClN4O/c1-2-24(31)29-10-12-30(13-11-29)25-21-14-22(26)20(15-23(21)27-16-28-25)19-9-5-7-17-6-3-4-8-18(17)19/h2-9,14-16H,1,10-13H2. The van der Waals surface area contributed by atoms with E-state index >= 15 is 0 Å². The molecule has 0 spiro atoms. The molecule has 5 rings (SSSR count). The number of aromatic nitrogens is 2. The molecule has 1 aliphatic rings. The summed E-state index contributed by atoms with van der Waals surface area (Å²) in [6.07, 6.45) is 2.96. The maximum absolute atomic E-state index is 11.9. The van der Waals surface area contributed by atoms with Crippen molar-refractivity contribution in [1.82, 2.24) is 14.9 Å². The molecule has 1 saturated heterocycles. The fraction of sp³-hybridized carbons (Fsp3) is 0.160. The minimum atomic E-state index is -0.0324. The summed E-state index contributed by atoms with van der Waals surface area (Å²) < 4.78 is 0. The Bertz CT molecular complexity index is 1310. The smallest absolute Gasteiger partial charge is 0.246 e. The van der Waals surface area contributed by atoms with Crippen LogP contribution < -0.4 is 4.90 Å². The predicted octanol–water partition coefficient (Wildman–Crippen LogP) is 4.94. The van der Waals surface area contributed by atoms with Crippen molar-refractivity contribution in [2.45, 2.75) is 0 Å². The SMILES string of the molecule is C=CC(=O)N1CCN(c2ncnc3cc(-c4cccc5ccccc45)c(Cl)cc23)CC1. The number of nitrogens with zero attached hydrogens (tertiary/aromatic N) is 4. The van der Waals surface area contributed by atoms with Crippen molar-refractivity contribution in [2.24, 2.45) is 0 Å². The van der Waals surface area contributed by atoms with Crippen LogP contribution in [-0.2, 0) is 4.79 Å². The lowest BCUT2D eigenvalue weighted by molar-refractivity contribution is -0.126. The monoisotopic (exact) mass is 428 g/mol. The van der Waals surface area contributed by atoms with E-state index in [0.29, 0.717) is 31.2 Å². The Morgan fingerprint density at radius 2 is 1.71 bits per heavy atom. The van der Waals surface area contributed by atoms with Crippen molar-refractivity contribution in [3.8, 4) is 11.1 Å². The molecular weight excluding hydrogens is 408 g/mol. The van der Waals surface area contributed by atoms with Gasteiger partial charge in [0.05, 0.1) is 5.52 Å². The number of halogens is 1. The lowest BCUT2D eigenvalue weighted by Gasteiger charge is -2.35. The summed E-state index contributed by atoms with van der Waals surface area (Å²) >= 11 is 6.79. The van der Waals surface area contributed by atoms with E-state index in [-0.39, 0.29) is 5.91 Å². The third-order valence-corrected chi connectivity index (χ3v) is 6.16. The van der Waals surface area contributed by atoms with E-state index in [1.807, 2.05) is 30.3 Å². The first-order chi connectivity index (χ1) is 15.2. The van der Waals surface area contributed by atoms with Crippen molar-refractivity contribution in [1.29, 1.82) is 0 Å². The first kappa shape index (κ1) is 19.5. The molecule has 4 aromatic rings. The Morgan fingerprint density at radius 3 is 2.52 bits per heavy atom. The Morgan fingerprint density at radius 1 is 0.935 bits per heavy atom. The minimum absolute atomic E-state index is 0.0324. The van der Waals surface area contributed by atoms with Gasteiger partial charge in [-0.15, -0.1) is 0 Å². The van der Waals surface area contributed by atoms with Gasteiger partial charge in [0, 0.05) is 42.2 Å². The van der Waals surface area contributed by atoms with E-state index < -0.39 is 0 Å². The van der Waals surface area contributed by atoms with Gasteiger partial charge in [-0.25, -0.2) is 9.97 Å². The number of hydrogen-bond donors (Lipinski definition) is 0. The van der Waals surface area contributed by atoms with Crippen LogP contribution in [0.1, 0.15) is 0 Å². The number of rotatable bonds is 3. The normalized spacial score (nSPS) is 14.2. The van der Waals surface area contributed by atoms with E-state index in [2.05, 4.69) is 45.7 Å². The average Bonchev–Trinajstić information content (AvgIpc) is 2.82. The second-order valence-corrected chi connectivity index (χ2v) is 8.00. The number of anilines is 1. The van der Waals surface area contributed by atoms with Gasteiger partial charge >= 0.3 is 0 Å². The molecule has 0 bridgehead atoms. The van der Waals surface area contributed by atoms with Gasteiger partial charge < -0.3 is 9.80 Å². The number of hydrogen-bond acceptors (Lipinski definition) is 4. The summed E-state index contributed by atoms with van der Waals surface area (Å²) in [5, 5.41) is 3.91. The zero-order valence-corrected chi connectivity index (χ0v) is 17.7. The molecule has 1 aliphatic heterocycles. The highest BCUT2D eigenvalue weighted by Gasteiger charge is 2.22. The van der Waals surface area contributed by atoms with Gasteiger partial charge in [0.15, 0.2) is 0 Å². The molecule has 0 radical (unpaired) electrons. The van der Waals surface area contributed by atoms with Crippen molar-refractivity contribution in [3.05, 3.63) is 78.6 Å². The summed E-state index contributed by atoms with van der Waals surface area (Å²) in [6.45, 7) is 6.26. The van der Waals surface area contributed by atoms with Gasteiger partial charge in [-0.3, -0.25) is 4.79 Å². The van der Waals surface area contributed by atoms with E-state index in [1.54, 1.807) is 11.2 Å². The third-order valence-electron chi connectivity index (χ3n) is 5.85. The number of carbonyl (C=O) groups is 1. The van der Waals surface area contributed by atoms with E-state index in [0.717, 1.165) is 33.2 Å². The van der Waals surface area contributed by atoms with Gasteiger partial charge in [-0.05, 0) is 34.5 Å². The van der Waals surface area contributed by atoms with Gasteiger partial charge in [-0.2, -0.15) is 0 Å². The van der Waals surface area contributed by atoms with Gasteiger partial charge in [0.1, 0.15) is 12.1 Å². The van der Waals surface area contributed by atoms with Crippen LogP contribution in [0.5, 0.6) is 0 Å². The van der Waals surface area contributed by atoms with Crippen LogP contribution >= 0.6 is 11.6 Å². The lowest BCUT2D eigenvalue weighted by Crippen LogP contribution is -2.48. The Kier molecular flexibility index (Phi) is 5.04. The molecule has 5 nitrogen and oxygen atoms in total. The van der Waals surface area contributed by atoms with Crippen LogP contribution in [0.15, 0.2) is 73.6 Å². The van der Waals surface area contributed by atoms with Gasteiger partial charge in [0.2, 0.25) is 5.91 Å². The molecule has 0 N–H and O–H groups in total. The lowest BCUT2D eigenvalue weighted by atomic mass is 9.97. The quantitative estimate of drug-likeness (QED) is 0.434. The molecule has 3 aromatic carbocycles. The van der Waals surface area contributed by atoms with Crippen LogP contribution in [0.25, 0.3) is 32.8 Å². The van der Waals surface area contributed by atoms with Crippen molar-refractivity contribution < 1.29 is 4.79 Å². The zero-order chi connectivity index (χ0) is 21.4. The predicted molar refractivity (Wildman–Crippen MR) is 126 cm³/mol. The molecule has 1 amide bonds. The second-order valence-electron chi connectivity index (χ2n) is 7.59. The number of benzene rings is 3. The van der Waals surface area contributed by atoms with Crippen LogP contribution in [0.3, 0.4) is 0 Å². The van der Waals surface area contributed by atoms with Crippen molar-refractivity contribution in [3.63, 3.8) is 0 Å². The molecule has 1 aromatic heterocycles. The number of amides is 1. The maximum Gasteiger partial charge on any atom is 0.246 e. The summed E-state index contributed by atoms with van der Waals surface area (Å²) in [5.74, 6) is 0.817. The van der Waals surface area contributed by atoms with Gasteiger partial charge in [-0.1, -0.05) is 60.6 Å². The molecule has 31 heavy (non-hydrogen) atoms. The molecule has 2 heterocycles. The largest absolute Gasteiger partial charge is 0.352 e. The molecule has 6 heteroatoms. The fourth-order valence-corrected chi connectivity index (χ4v) is 4.51. The second kappa shape index (κ2) is 8.00. The summed E-state index contributed by atoms with van der Waals surface area (Å²) in [5.41, 5.74) is 2.89. The van der Waals surface area contributed by atoms with Crippen molar-refractivity contribution >= 4 is 45.0 Å². The highest BCUT2D eigenvalue weighted by molar-refractivity contribution is 6.34. The highest BCUT2D eigenvalue weighted by atomic mass is 35.5. The average molecular weight is 429 g/mol. The van der Waals surface area contributed by atoms with Crippen LogP contribution in [0, 0.1) is 0 Å². The molecule has 0 unspecified atom stereocenters. The third kappa shape index (κ3) is 3.51. The first-order valence-corrected chi connectivity index (χ1v) is 10.6. The minimum Gasteiger partial charge on any atom is -0.352 e. The molecule has 0 saturated carbocycles. The number of carbonyl (C=O) groups excluding carboxylic acids is 1. The van der Waals surface area contributed by atoms with Gasteiger partial charge in [0.25, 0.3) is 0 Å². The first-order valence-electron chi connectivity index (χ1n) is 10.2. The highest BCUT2D eigenvalue weighted by Crippen LogP contribution is 2.37. The number of fused-ring (bicyclic) bond motifs is 2. The van der Waals surface area contributed by atoms with E-state index in [1.165, 1.54) is 11.5 Å². The molecule has 0 aliphatic carbocycles. The van der Waals surface area contributed by atoms with E-state index in [4.69, 9.17) is 11.6 Å². The zero-order valence-electron chi connectivity index (χ0n) is 17.0. The molecule has 154 valence electrons. The van der Waals surface area contributed by atoms with Crippen LogP contribution in [-0.4, -0.2) is 47.0 Å². The molecular formula is C25H21ClN4O. The summed E-state index contributed by atoms with van der Waals surface area (Å²) in [6, 6.07) is 18.5. The Hall–Kier alpha value is -3.44. The summed E-state index contributed by atoms with van der Waals surface area (Å²) in [4.78, 5) is 24.9. The van der Waals surface area contributed by atoms with E-state index in [9.17, 15) is 4.79 Å². The molecule has 1 fully saturated rings. The summed E-state index contributed by atoms with van der Waals surface area (Å²) in [7, 11) is 0. The fourth-order valence-electron chi connectivity index (χ4n) is 4.25. The number of piperazine rings is 1. The Balaban J connectivity index is 1.55. The topological polar surface area (TPSA) is 49.3 Å².